The predicted octanol–water partition coefficient (Wildman–Crippen LogP) is 1.29. The van der Waals surface area contributed by atoms with Crippen LogP contribution >= 0.6 is 0 Å². The van der Waals surface area contributed by atoms with Crippen LogP contribution < -0.4 is 5.73 Å². The Balaban J connectivity index is 2.49. The van der Waals surface area contributed by atoms with Crippen LogP contribution in [0.25, 0.3) is 11.3 Å². The minimum Gasteiger partial charge on any atom is -0.331 e. The van der Waals surface area contributed by atoms with E-state index in [1.54, 1.807) is 6.20 Å². The molecule has 2 rings (SSSR count). The number of nitrogens with zero attached hydrogens (tertiary/aromatic N) is 3. The Morgan fingerprint density at radius 2 is 2.25 bits per heavy atom. The SMILES string of the molecule is Cc1nc(CCN)n(C)c1-c1cccnc1. The van der Waals surface area contributed by atoms with Gasteiger partial charge in [-0.1, -0.05) is 0 Å². The molecule has 0 unspecified atom stereocenters. The monoisotopic (exact) mass is 216 g/mol. The summed E-state index contributed by atoms with van der Waals surface area (Å²) in [6, 6.07) is 3.98. The summed E-state index contributed by atoms with van der Waals surface area (Å²) < 4.78 is 2.10. The van der Waals surface area contributed by atoms with Crippen LogP contribution in [-0.2, 0) is 13.5 Å². The van der Waals surface area contributed by atoms with Crippen LogP contribution in [0.5, 0.6) is 0 Å². The molecule has 0 atom stereocenters. The lowest BCUT2D eigenvalue weighted by Crippen LogP contribution is -2.08. The second kappa shape index (κ2) is 4.45. The molecule has 84 valence electrons. The summed E-state index contributed by atoms with van der Waals surface area (Å²) in [4.78, 5) is 8.66. The lowest BCUT2D eigenvalue weighted by Gasteiger charge is -2.05. The highest BCUT2D eigenvalue weighted by Crippen LogP contribution is 2.22. The van der Waals surface area contributed by atoms with E-state index in [1.165, 1.54) is 0 Å². The fourth-order valence-corrected chi connectivity index (χ4v) is 1.95. The van der Waals surface area contributed by atoms with Gasteiger partial charge in [-0.2, -0.15) is 0 Å². The molecule has 0 bridgehead atoms. The molecule has 4 nitrogen and oxygen atoms in total. The van der Waals surface area contributed by atoms with Gasteiger partial charge in [-0.05, 0) is 25.6 Å². The summed E-state index contributed by atoms with van der Waals surface area (Å²) in [7, 11) is 2.02. The van der Waals surface area contributed by atoms with Crippen LogP contribution in [0.15, 0.2) is 24.5 Å². The average Bonchev–Trinajstić information content (AvgIpc) is 2.56. The maximum absolute atomic E-state index is 5.56. The van der Waals surface area contributed by atoms with E-state index < -0.39 is 0 Å². The van der Waals surface area contributed by atoms with Gasteiger partial charge in [0.2, 0.25) is 0 Å². The highest BCUT2D eigenvalue weighted by molar-refractivity contribution is 5.61. The summed E-state index contributed by atoms with van der Waals surface area (Å²) in [5.74, 6) is 1.03. The van der Waals surface area contributed by atoms with Gasteiger partial charge in [0.05, 0.1) is 11.4 Å². The lowest BCUT2D eigenvalue weighted by atomic mass is 10.2. The van der Waals surface area contributed by atoms with Crippen molar-refractivity contribution in [3.63, 3.8) is 0 Å². The van der Waals surface area contributed by atoms with Crippen molar-refractivity contribution >= 4 is 0 Å². The van der Waals surface area contributed by atoms with Crippen LogP contribution in [0.3, 0.4) is 0 Å². The van der Waals surface area contributed by atoms with Crippen LogP contribution in [0.4, 0.5) is 0 Å². The lowest BCUT2D eigenvalue weighted by molar-refractivity contribution is 0.781. The summed E-state index contributed by atoms with van der Waals surface area (Å²) >= 11 is 0. The first kappa shape index (κ1) is 10.8. The molecule has 2 aromatic rings. The fourth-order valence-electron chi connectivity index (χ4n) is 1.95. The van der Waals surface area contributed by atoms with Gasteiger partial charge in [0.15, 0.2) is 0 Å². The molecule has 2 N–H and O–H groups in total. The highest BCUT2D eigenvalue weighted by Gasteiger charge is 2.12. The van der Waals surface area contributed by atoms with E-state index in [2.05, 4.69) is 14.5 Å². The van der Waals surface area contributed by atoms with E-state index in [9.17, 15) is 0 Å². The summed E-state index contributed by atoms with van der Waals surface area (Å²) in [5, 5.41) is 0. The predicted molar refractivity (Wildman–Crippen MR) is 63.9 cm³/mol. The third-order valence-electron chi connectivity index (χ3n) is 2.66. The van der Waals surface area contributed by atoms with Crippen molar-refractivity contribution in [3.8, 4) is 11.3 Å². The molecule has 0 amide bonds. The molecule has 0 aliphatic rings. The molecular formula is C12H16N4. The molecule has 0 aliphatic carbocycles. The maximum Gasteiger partial charge on any atom is 0.110 e. The van der Waals surface area contributed by atoms with Crippen molar-refractivity contribution in [2.75, 3.05) is 6.54 Å². The number of aromatic nitrogens is 3. The van der Waals surface area contributed by atoms with E-state index in [0.29, 0.717) is 6.54 Å². The molecular weight excluding hydrogens is 200 g/mol. The number of hydrogen-bond donors (Lipinski definition) is 1. The summed E-state index contributed by atoms with van der Waals surface area (Å²) in [6.07, 6.45) is 4.43. The molecule has 0 saturated carbocycles. The third kappa shape index (κ3) is 1.84. The number of rotatable bonds is 3. The molecule has 0 fully saturated rings. The molecule has 0 spiro atoms. The van der Waals surface area contributed by atoms with Gasteiger partial charge < -0.3 is 10.3 Å². The van der Waals surface area contributed by atoms with Gasteiger partial charge >= 0.3 is 0 Å². The third-order valence-corrected chi connectivity index (χ3v) is 2.66. The Morgan fingerprint density at radius 1 is 1.44 bits per heavy atom. The van der Waals surface area contributed by atoms with Gasteiger partial charge in [-0.3, -0.25) is 4.98 Å². The zero-order chi connectivity index (χ0) is 11.5. The Bertz CT molecular complexity index is 473. The van der Waals surface area contributed by atoms with Crippen LogP contribution in [0.2, 0.25) is 0 Å². The van der Waals surface area contributed by atoms with Gasteiger partial charge in [0.1, 0.15) is 5.82 Å². The number of hydrogen-bond acceptors (Lipinski definition) is 3. The van der Waals surface area contributed by atoms with E-state index in [1.807, 2.05) is 32.3 Å². The van der Waals surface area contributed by atoms with E-state index in [0.717, 1.165) is 29.2 Å². The Morgan fingerprint density at radius 3 is 2.88 bits per heavy atom. The smallest absolute Gasteiger partial charge is 0.110 e. The number of imidazole rings is 1. The molecule has 16 heavy (non-hydrogen) atoms. The minimum atomic E-state index is 0.622. The van der Waals surface area contributed by atoms with E-state index >= 15 is 0 Å². The minimum absolute atomic E-state index is 0.622. The van der Waals surface area contributed by atoms with Crippen LogP contribution in [0, 0.1) is 6.92 Å². The maximum atomic E-state index is 5.56. The molecule has 0 aliphatic heterocycles. The van der Waals surface area contributed by atoms with Gasteiger partial charge in [-0.25, -0.2) is 4.98 Å². The normalized spacial score (nSPS) is 10.7. The highest BCUT2D eigenvalue weighted by atomic mass is 15.1. The molecule has 2 heterocycles. The fraction of sp³-hybridized carbons (Fsp3) is 0.333. The van der Waals surface area contributed by atoms with Crippen molar-refractivity contribution in [3.05, 3.63) is 36.0 Å². The van der Waals surface area contributed by atoms with Crippen molar-refractivity contribution in [1.29, 1.82) is 0 Å². The van der Waals surface area contributed by atoms with Crippen molar-refractivity contribution in [2.45, 2.75) is 13.3 Å². The Hall–Kier alpha value is -1.68. The average molecular weight is 216 g/mol. The Labute approximate surface area is 95.1 Å². The second-order valence-electron chi connectivity index (χ2n) is 3.80. The van der Waals surface area contributed by atoms with E-state index in [-0.39, 0.29) is 0 Å². The molecule has 0 saturated heterocycles. The molecule has 4 heteroatoms. The summed E-state index contributed by atoms with van der Waals surface area (Å²) in [6.45, 7) is 2.64. The number of aryl methyl sites for hydroxylation is 1. The Kier molecular flexibility index (Phi) is 3.01. The first-order valence-electron chi connectivity index (χ1n) is 5.36. The van der Waals surface area contributed by atoms with Crippen LogP contribution in [0.1, 0.15) is 11.5 Å². The molecule has 0 aromatic carbocycles. The molecule has 2 aromatic heterocycles. The topological polar surface area (TPSA) is 56.7 Å². The zero-order valence-corrected chi connectivity index (χ0v) is 9.64. The van der Waals surface area contributed by atoms with Crippen molar-refractivity contribution < 1.29 is 0 Å². The van der Waals surface area contributed by atoms with E-state index in [4.69, 9.17) is 5.73 Å². The first-order valence-corrected chi connectivity index (χ1v) is 5.36. The quantitative estimate of drug-likeness (QED) is 0.841. The second-order valence-corrected chi connectivity index (χ2v) is 3.80. The molecule has 0 radical (unpaired) electrons. The largest absolute Gasteiger partial charge is 0.331 e. The summed E-state index contributed by atoms with van der Waals surface area (Å²) in [5.41, 5.74) is 8.81. The van der Waals surface area contributed by atoms with Crippen molar-refractivity contribution in [2.24, 2.45) is 12.8 Å². The van der Waals surface area contributed by atoms with Gasteiger partial charge in [0, 0.05) is 31.4 Å². The van der Waals surface area contributed by atoms with Crippen molar-refractivity contribution in [1.82, 2.24) is 14.5 Å². The number of nitrogens with two attached hydrogens (primary N) is 1. The zero-order valence-electron chi connectivity index (χ0n) is 9.64. The van der Waals surface area contributed by atoms with Gasteiger partial charge in [-0.15, -0.1) is 0 Å². The number of pyridine rings is 1. The standard InChI is InChI=1S/C12H16N4/c1-9-12(10-4-3-7-14-8-10)16(2)11(15-9)5-6-13/h3-4,7-8H,5-6,13H2,1-2H3. The van der Waals surface area contributed by atoms with Crippen LogP contribution in [-0.4, -0.2) is 21.1 Å². The van der Waals surface area contributed by atoms with Gasteiger partial charge in [0.25, 0.3) is 0 Å². The first-order chi connectivity index (χ1) is 7.74.